The van der Waals surface area contributed by atoms with Crippen molar-refractivity contribution in [3.8, 4) is 5.88 Å². The average Bonchev–Trinajstić information content (AvgIpc) is 2.23. The maximum Gasteiger partial charge on any atom is 0.195 e. The number of aromatic nitrogens is 1. The van der Waals surface area contributed by atoms with Gasteiger partial charge in [0.15, 0.2) is 11.3 Å². The van der Waals surface area contributed by atoms with Gasteiger partial charge in [-0.3, -0.25) is 4.79 Å². The lowest BCUT2D eigenvalue weighted by Crippen LogP contribution is -2.11. The Labute approximate surface area is 98.2 Å². The summed E-state index contributed by atoms with van der Waals surface area (Å²) in [6, 6.07) is 4.17. The Morgan fingerprint density at radius 2 is 2.06 bits per heavy atom. The molecule has 2 rings (SSSR count). The van der Waals surface area contributed by atoms with Gasteiger partial charge in [0.25, 0.3) is 0 Å². The fourth-order valence-electron chi connectivity index (χ4n) is 1.73. The van der Waals surface area contributed by atoms with E-state index in [1.165, 1.54) is 18.2 Å². The first-order valence-electron chi connectivity index (χ1n) is 5.48. The summed E-state index contributed by atoms with van der Waals surface area (Å²) >= 11 is 0. The maximum atomic E-state index is 13.4. The number of aryl methyl sites for hydroxylation is 1. The predicted molar refractivity (Wildman–Crippen MR) is 65.0 cm³/mol. The number of hydrogen-bond acceptors (Lipinski definition) is 2. The Hall–Kier alpha value is -1.84. The van der Waals surface area contributed by atoms with Crippen molar-refractivity contribution < 1.29 is 9.13 Å². The van der Waals surface area contributed by atoms with E-state index < -0.39 is 0 Å². The van der Waals surface area contributed by atoms with E-state index >= 15 is 0 Å². The fourth-order valence-corrected chi connectivity index (χ4v) is 1.73. The summed E-state index contributed by atoms with van der Waals surface area (Å²) in [4.78, 5) is 14.8. The molecule has 17 heavy (non-hydrogen) atoms. The van der Waals surface area contributed by atoms with Crippen molar-refractivity contribution in [2.45, 2.75) is 26.9 Å². The monoisotopic (exact) mass is 235 g/mol. The quantitative estimate of drug-likeness (QED) is 0.869. The summed E-state index contributed by atoms with van der Waals surface area (Å²) in [5, 5.41) is 0.472. The zero-order valence-electron chi connectivity index (χ0n) is 10.0. The minimum atomic E-state index is -0.338. The van der Waals surface area contributed by atoms with Gasteiger partial charge in [-0.1, -0.05) is 0 Å². The molecule has 0 bridgehead atoms. The van der Waals surface area contributed by atoms with E-state index in [0.717, 1.165) is 0 Å². The first-order valence-corrected chi connectivity index (χ1v) is 5.48. The molecule has 1 aromatic heterocycles. The van der Waals surface area contributed by atoms with E-state index in [0.29, 0.717) is 22.3 Å². The van der Waals surface area contributed by atoms with Crippen LogP contribution in [-0.2, 0) is 0 Å². The van der Waals surface area contributed by atoms with Gasteiger partial charge in [-0.15, -0.1) is 0 Å². The van der Waals surface area contributed by atoms with Crippen LogP contribution in [0.3, 0.4) is 0 Å². The number of H-pyrrole nitrogens is 1. The minimum absolute atomic E-state index is 0.0445. The molecule has 0 amide bonds. The smallest absolute Gasteiger partial charge is 0.195 e. The molecular formula is C13H14FNO2. The minimum Gasteiger partial charge on any atom is -0.476 e. The standard InChI is InChI=1S/C13H14FNO2/c1-7(2)17-12-6-11(16)9-4-5-10(14)8(3)13(9)15-12/h4-7H,1-3H3,(H,15,16). The third-order valence-corrected chi connectivity index (χ3v) is 2.54. The molecule has 1 heterocycles. The highest BCUT2D eigenvalue weighted by Crippen LogP contribution is 2.19. The Balaban J connectivity index is 2.70. The number of hydrogen-bond donors (Lipinski definition) is 1. The highest BCUT2D eigenvalue weighted by Gasteiger charge is 2.09. The normalized spacial score (nSPS) is 11.1. The van der Waals surface area contributed by atoms with Crippen molar-refractivity contribution in [1.82, 2.24) is 4.98 Å². The summed E-state index contributed by atoms with van der Waals surface area (Å²) < 4.78 is 18.8. The molecule has 1 N–H and O–H groups in total. The Morgan fingerprint density at radius 3 is 2.71 bits per heavy atom. The van der Waals surface area contributed by atoms with Crippen LogP contribution in [0.4, 0.5) is 4.39 Å². The van der Waals surface area contributed by atoms with E-state index in [1.54, 1.807) is 6.92 Å². The van der Waals surface area contributed by atoms with Crippen LogP contribution in [0.25, 0.3) is 10.9 Å². The van der Waals surface area contributed by atoms with Gasteiger partial charge in [-0.2, -0.15) is 0 Å². The van der Waals surface area contributed by atoms with E-state index in [1.807, 2.05) is 13.8 Å². The van der Waals surface area contributed by atoms with Gasteiger partial charge in [0.05, 0.1) is 11.6 Å². The van der Waals surface area contributed by atoms with Gasteiger partial charge in [-0.25, -0.2) is 4.39 Å². The van der Waals surface area contributed by atoms with E-state index in [9.17, 15) is 9.18 Å². The van der Waals surface area contributed by atoms with Crippen molar-refractivity contribution >= 4 is 10.9 Å². The molecule has 0 saturated heterocycles. The van der Waals surface area contributed by atoms with Gasteiger partial charge in [-0.05, 0) is 32.9 Å². The van der Waals surface area contributed by atoms with Crippen molar-refractivity contribution in [3.63, 3.8) is 0 Å². The molecule has 0 atom stereocenters. The van der Waals surface area contributed by atoms with Crippen LogP contribution >= 0.6 is 0 Å². The number of rotatable bonds is 2. The summed E-state index contributed by atoms with van der Waals surface area (Å²) in [6.07, 6.45) is -0.0445. The molecule has 0 aliphatic carbocycles. The van der Waals surface area contributed by atoms with Gasteiger partial charge in [0, 0.05) is 17.0 Å². The van der Waals surface area contributed by atoms with Crippen LogP contribution < -0.4 is 10.2 Å². The third kappa shape index (κ3) is 2.16. The van der Waals surface area contributed by atoms with Crippen molar-refractivity contribution in [2.24, 2.45) is 0 Å². The largest absolute Gasteiger partial charge is 0.476 e. The number of halogens is 1. The van der Waals surface area contributed by atoms with Crippen LogP contribution in [0, 0.1) is 12.7 Å². The first kappa shape index (κ1) is 11.6. The second-order valence-corrected chi connectivity index (χ2v) is 4.26. The third-order valence-electron chi connectivity index (χ3n) is 2.54. The topological polar surface area (TPSA) is 42.1 Å². The molecule has 0 fully saturated rings. The molecule has 1 aromatic carbocycles. The second kappa shape index (κ2) is 4.20. The van der Waals surface area contributed by atoms with Crippen molar-refractivity contribution in [3.05, 3.63) is 39.8 Å². The molecule has 0 unspecified atom stereocenters. The molecule has 0 spiro atoms. The summed E-state index contributed by atoms with van der Waals surface area (Å²) in [6.45, 7) is 5.36. The maximum absolute atomic E-state index is 13.4. The lowest BCUT2D eigenvalue weighted by Gasteiger charge is -2.11. The molecule has 0 aliphatic heterocycles. The number of aromatic amines is 1. The zero-order valence-corrected chi connectivity index (χ0v) is 10.0. The molecule has 0 aliphatic rings. The lowest BCUT2D eigenvalue weighted by molar-refractivity contribution is 0.233. The van der Waals surface area contributed by atoms with Crippen LogP contribution in [0.1, 0.15) is 19.4 Å². The van der Waals surface area contributed by atoms with Crippen LogP contribution in [-0.4, -0.2) is 11.1 Å². The van der Waals surface area contributed by atoms with Gasteiger partial charge in [0.2, 0.25) is 0 Å². The predicted octanol–water partition coefficient (Wildman–Crippen LogP) is 2.76. The number of pyridine rings is 1. The van der Waals surface area contributed by atoms with Crippen molar-refractivity contribution in [1.29, 1.82) is 0 Å². The molecule has 3 nitrogen and oxygen atoms in total. The molecule has 2 aromatic rings. The Bertz CT molecular complexity index is 617. The van der Waals surface area contributed by atoms with E-state index in [-0.39, 0.29) is 17.3 Å². The summed E-state index contributed by atoms with van der Waals surface area (Å²) in [7, 11) is 0. The zero-order chi connectivity index (χ0) is 12.6. The first-order chi connectivity index (χ1) is 7.99. The highest BCUT2D eigenvalue weighted by molar-refractivity contribution is 5.82. The number of nitrogens with one attached hydrogen (secondary N) is 1. The van der Waals surface area contributed by atoms with E-state index in [4.69, 9.17) is 4.74 Å². The highest BCUT2D eigenvalue weighted by atomic mass is 19.1. The van der Waals surface area contributed by atoms with Gasteiger partial charge < -0.3 is 9.72 Å². The fraction of sp³-hybridized carbons (Fsp3) is 0.308. The van der Waals surface area contributed by atoms with Crippen LogP contribution in [0.5, 0.6) is 5.88 Å². The molecule has 90 valence electrons. The Morgan fingerprint density at radius 1 is 1.35 bits per heavy atom. The van der Waals surface area contributed by atoms with Crippen molar-refractivity contribution in [2.75, 3.05) is 0 Å². The summed E-state index contributed by atoms with van der Waals surface area (Å²) in [5.41, 5.74) is 0.749. The van der Waals surface area contributed by atoms with Crippen LogP contribution in [0.15, 0.2) is 23.0 Å². The molecule has 4 heteroatoms. The second-order valence-electron chi connectivity index (χ2n) is 4.26. The molecule has 0 saturated carbocycles. The Kier molecular flexibility index (Phi) is 2.88. The average molecular weight is 235 g/mol. The number of fused-ring (bicyclic) bond motifs is 1. The van der Waals surface area contributed by atoms with Gasteiger partial charge >= 0.3 is 0 Å². The van der Waals surface area contributed by atoms with E-state index in [2.05, 4.69) is 4.98 Å². The lowest BCUT2D eigenvalue weighted by atomic mass is 10.1. The summed E-state index contributed by atoms with van der Waals surface area (Å²) in [5.74, 6) is 0.0287. The van der Waals surface area contributed by atoms with Crippen LogP contribution in [0.2, 0.25) is 0 Å². The molecule has 0 radical (unpaired) electrons. The number of benzene rings is 1. The van der Waals surface area contributed by atoms with Gasteiger partial charge in [0.1, 0.15) is 5.82 Å². The SMILES string of the molecule is Cc1c(F)ccc2c(=O)cc(OC(C)C)[nH]c12. The molecular weight excluding hydrogens is 221 g/mol. The number of ether oxygens (including phenoxy) is 1.